The highest BCUT2D eigenvalue weighted by Gasteiger charge is 2.27. The monoisotopic (exact) mass is 991 g/mol. The van der Waals surface area contributed by atoms with Crippen LogP contribution in [-0.2, 0) is 66.8 Å². The maximum Gasteiger partial charge on any atom is 0.330 e. The van der Waals surface area contributed by atoms with Gasteiger partial charge in [0, 0.05) is 63.4 Å². The lowest BCUT2D eigenvalue weighted by molar-refractivity contribution is -0.143. The molecule has 71 heavy (non-hydrogen) atoms. The lowest BCUT2D eigenvalue weighted by Gasteiger charge is -2.18. The Labute approximate surface area is 407 Å². The zero-order chi connectivity index (χ0) is 52.6. The van der Waals surface area contributed by atoms with Gasteiger partial charge in [0.25, 0.3) is 22.9 Å². The van der Waals surface area contributed by atoms with E-state index in [2.05, 4.69) is 15.4 Å². The minimum absolute atomic E-state index is 0. The van der Waals surface area contributed by atoms with Crippen molar-refractivity contribution in [1.29, 1.82) is 0 Å². The fourth-order valence-corrected chi connectivity index (χ4v) is 7.44. The molecule has 0 spiro atoms. The fourth-order valence-electron chi connectivity index (χ4n) is 7.44. The van der Waals surface area contributed by atoms with Gasteiger partial charge in [-0.15, -0.1) is 0 Å². The second-order valence-corrected chi connectivity index (χ2v) is 16.4. The summed E-state index contributed by atoms with van der Waals surface area (Å²) in [6.45, 7) is 4.42. The number of nitrogens with zero attached hydrogens (tertiary/aromatic N) is 4. The minimum Gasteiger partial charge on any atom is -0.468 e. The maximum atomic E-state index is 15.1. The molecule has 0 aliphatic heterocycles. The van der Waals surface area contributed by atoms with Crippen molar-refractivity contribution in [2.45, 2.75) is 46.3 Å². The van der Waals surface area contributed by atoms with Crippen molar-refractivity contribution < 1.29 is 50.5 Å². The third kappa shape index (κ3) is 12.2. The number of esters is 2. The van der Waals surface area contributed by atoms with Crippen molar-refractivity contribution >= 4 is 23.8 Å². The molecule has 17 nitrogen and oxygen atoms in total. The van der Waals surface area contributed by atoms with E-state index < -0.39 is 82.0 Å². The number of ether oxygens (including phenoxy) is 2. The van der Waals surface area contributed by atoms with Gasteiger partial charge in [0.2, 0.25) is 0 Å². The van der Waals surface area contributed by atoms with Crippen LogP contribution in [-0.4, -0.2) is 68.8 Å². The number of benzene rings is 4. The summed E-state index contributed by atoms with van der Waals surface area (Å²) in [6.07, 6.45) is -0.144. The molecule has 0 radical (unpaired) electrons. The number of hydrogen-bond donors (Lipinski definition) is 3. The van der Waals surface area contributed by atoms with Gasteiger partial charge < -0.3 is 34.6 Å². The predicted molar refractivity (Wildman–Crippen MR) is 260 cm³/mol. The second kappa shape index (κ2) is 22.9. The average Bonchev–Trinajstić information content (AvgIpc) is 3.33. The smallest absolute Gasteiger partial charge is 0.330 e. The summed E-state index contributed by atoms with van der Waals surface area (Å²) >= 11 is 0. The molecule has 0 bridgehead atoms. The number of amides is 2. The highest BCUT2D eigenvalue weighted by molar-refractivity contribution is 5.97. The Balaban J connectivity index is 0.000000751. The topological polar surface area (TPSA) is 211 Å². The van der Waals surface area contributed by atoms with Gasteiger partial charge in [-0.1, -0.05) is 54.1 Å². The van der Waals surface area contributed by atoms with E-state index in [-0.39, 0.29) is 46.2 Å². The first-order valence-electron chi connectivity index (χ1n) is 21.6. The van der Waals surface area contributed by atoms with Crippen molar-refractivity contribution in [3.63, 3.8) is 0 Å². The van der Waals surface area contributed by atoms with Crippen LogP contribution in [0, 0.1) is 44.0 Å². The molecule has 0 saturated carbocycles. The first kappa shape index (κ1) is 53.8. The van der Waals surface area contributed by atoms with Crippen molar-refractivity contribution in [1.82, 2.24) is 34.2 Å². The average molecular weight is 992 g/mol. The molecule has 2 heterocycles. The van der Waals surface area contributed by atoms with Crippen LogP contribution in [0.25, 0.3) is 22.3 Å². The number of nitrogens with one attached hydrogen (secondary N) is 3. The Morgan fingerprint density at radius 2 is 0.986 bits per heavy atom. The molecule has 380 valence electrons. The van der Waals surface area contributed by atoms with Gasteiger partial charge in [-0.25, -0.2) is 31.9 Å². The van der Waals surface area contributed by atoms with E-state index >= 15 is 8.78 Å². The number of halogens is 4. The summed E-state index contributed by atoms with van der Waals surface area (Å²) in [7, 11) is 8.22. The fraction of sp³-hybridized carbons (Fsp3) is 0.280. The highest BCUT2D eigenvalue weighted by Crippen LogP contribution is 2.22. The Morgan fingerprint density at radius 1 is 0.577 bits per heavy atom. The van der Waals surface area contributed by atoms with E-state index in [9.17, 15) is 47.1 Å². The van der Waals surface area contributed by atoms with Gasteiger partial charge in [0.1, 0.15) is 47.0 Å². The van der Waals surface area contributed by atoms with Crippen molar-refractivity contribution in [3.05, 3.63) is 183 Å². The van der Waals surface area contributed by atoms with Gasteiger partial charge in [0.05, 0.1) is 25.3 Å². The van der Waals surface area contributed by atoms with E-state index in [1.165, 1.54) is 30.3 Å². The molecule has 0 fully saturated rings. The number of carbonyl (C=O) groups excluding carboxylic acids is 4. The highest BCUT2D eigenvalue weighted by atomic mass is 19.1. The van der Waals surface area contributed by atoms with Crippen molar-refractivity contribution in [2.75, 3.05) is 20.8 Å². The molecule has 0 unspecified atom stereocenters. The molecule has 6 rings (SSSR count). The molecule has 6 aromatic rings. The second-order valence-electron chi connectivity index (χ2n) is 16.4. The molecule has 1 atom stereocenters. The number of aromatic nitrogens is 4. The predicted octanol–water partition coefficient (Wildman–Crippen LogP) is 4.43. The van der Waals surface area contributed by atoms with Gasteiger partial charge >= 0.3 is 23.3 Å². The van der Waals surface area contributed by atoms with Crippen LogP contribution in [0.3, 0.4) is 0 Å². The summed E-state index contributed by atoms with van der Waals surface area (Å²) in [5.74, 6) is -9.04. The molecule has 0 saturated heterocycles. The maximum absolute atomic E-state index is 15.1. The molecular weight excluding hydrogens is 935 g/mol. The Kier molecular flexibility index (Phi) is 17.4. The molecular formula is C50H57F4N7O10. The van der Waals surface area contributed by atoms with E-state index in [0.29, 0.717) is 33.6 Å². The van der Waals surface area contributed by atoms with E-state index in [0.717, 1.165) is 58.7 Å². The third-order valence-electron chi connectivity index (χ3n) is 11.7. The van der Waals surface area contributed by atoms with Gasteiger partial charge in [-0.05, 0) is 72.9 Å². The molecule has 2 aromatic heterocycles. The van der Waals surface area contributed by atoms with Gasteiger partial charge in [0.15, 0.2) is 0 Å². The number of rotatable bonds is 14. The largest absolute Gasteiger partial charge is 0.468 e. The first-order valence-corrected chi connectivity index (χ1v) is 21.6. The lowest BCUT2D eigenvalue weighted by Crippen LogP contribution is -2.43. The van der Waals surface area contributed by atoms with Crippen molar-refractivity contribution in [3.8, 4) is 22.3 Å². The van der Waals surface area contributed by atoms with Crippen LogP contribution in [0.15, 0.2) is 92.0 Å². The molecule has 0 aliphatic carbocycles. The van der Waals surface area contributed by atoms with Gasteiger partial charge in [-0.2, -0.15) is 0 Å². The SMILES string of the molecule is COC(=O)CNC(=O)c1c(F)cc(CNCc2cc(F)c(C(=O)N[C@@H](Cc3ccc(-c4c(C)n(C)c(=O)n(C)c4=O)cc3)C(=O)OC)c(F)c2)cc1F.Cc1ccc(-c2c(C)n(C)c(=O)n(C)c2=O)cc1.[HH].[HH].[HH]. The molecule has 4 aromatic carbocycles. The minimum atomic E-state index is -1.36. The summed E-state index contributed by atoms with van der Waals surface area (Å²) in [4.78, 5) is 98.0. The Bertz CT molecular complexity index is 3260. The molecule has 0 aliphatic rings. The zero-order valence-corrected chi connectivity index (χ0v) is 40.2. The third-order valence-corrected chi connectivity index (χ3v) is 11.7. The number of methoxy groups -OCH3 is 2. The Hall–Kier alpha value is -8.20. The summed E-state index contributed by atoms with van der Waals surface area (Å²) < 4.78 is 73.4. The van der Waals surface area contributed by atoms with Crippen LogP contribution in [0.5, 0.6) is 0 Å². The number of aryl methyl sites for hydroxylation is 1. The number of hydrogen-bond acceptors (Lipinski definition) is 11. The molecule has 21 heteroatoms. The van der Waals surface area contributed by atoms with Crippen LogP contribution in [0.4, 0.5) is 17.6 Å². The molecule has 2 amide bonds. The van der Waals surface area contributed by atoms with E-state index in [1.807, 2.05) is 36.5 Å². The summed E-state index contributed by atoms with van der Waals surface area (Å²) in [5.41, 5.74) is 1.65. The Morgan fingerprint density at radius 3 is 1.39 bits per heavy atom. The zero-order valence-electron chi connectivity index (χ0n) is 40.2. The summed E-state index contributed by atoms with van der Waals surface area (Å²) in [5, 5.41) is 7.09. The lowest BCUT2D eigenvalue weighted by atomic mass is 10.00. The normalized spacial score (nSPS) is 11.3. The van der Waals surface area contributed by atoms with Crippen LogP contribution >= 0.6 is 0 Å². The molecule has 3 N–H and O–H groups in total. The van der Waals surface area contributed by atoms with Gasteiger partial charge in [-0.3, -0.25) is 33.1 Å². The van der Waals surface area contributed by atoms with Crippen molar-refractivity contribution in [2.24, 2.45) is 28.2 Å². The first-order chi connectivity index (χ1) is 33.5. The number of carbonyl (C=O) groups is 4. The standard InChI is InChI=1S/C36H35F4N5O8.C14H16N2O2.3H2/c1-18-29(34(49)45(3)36(51)44(18)2)22-8-6-19(7-9-22)14-27(35(50)53-5)43-33(48)31-25(39)12-21(13-26(31)40)16-41-15-20-10-23(37)30(24(38)11-20)32(47)42-17-28(46)52-4;1-9-5-7-11(8-6-9)12-10(2)15(3)14(18)16(4)13(12)17;;;/h6-13,27,41H,14-17H2,1-5H3,(H,42,47)(H,43,48);5-8H,1-4H3;3*1H/t27-;;;;/m0..../s1. The van der Waals surface area contributed by atoms with E-state index in [1.54, 1.807) is 45.2 Å². The van der Waals surface area contributed by atoms with Crippen LogP contribution in [0.2, 0.25) is 0 Å². The quantitative estimate of drug-likeness (QED) is 0.103. The summed E-state index contributed by atoms with van der Waals surface area (Å²) in [6, 6.07) is 16.2. The van der Waals surface area contributed by atoms with Crippen LogP contribution in [0.1, 0.15) is 58.6 Å². The van der Waals surface area contributed by atoms with Crippen LogP contribution < -0.4 is 38.4 Å². The van der Waals surface area contributed by atoms with E-state index in [4.69, 9.17) is 4.74 Å².